The zero-order chi connectivity index (χ0) is 15.4. The van der Waals surface area contributed by atoms with Gasteiger partial charge in [0.05, 0.1) is 6.04 Å². The maximum atomic E-state index is 13.1. The largest absolute Gasteiger partial charge is 0.381 e. The normalized spacial score (nSPS) is 23.1. The van der Waals surface area contributed by atoms with Gasteiger partial charge in [-0.3, -0.25) is 9.69 Å². The maximum absolute atomic E-state index is 13.1. The summed E-state index contributed by atoms with van der Waals surface area (Å²) in [5.41, 5.74) is 0.789. The van der Waals surface area contributed by atoms with Crippen LogP contribution in [0.3, 0.4) is 0 Å². The molecule has 3 rings (SSSR count). The topological polar surface area (TPSA) is 41.6 Å². The molecule has 1 aromatic carbocycles. The lowest BCUT2D eigenvalue weighted by atomic mass is 9.86. The highest BCUT2D eigenvalue weighted by Gasteiger charge is 2.46. The Kier molecular flexibility index (Phi) is 4.79. The van der Waals surface area contributed by atoms with E-state index in [1.54, 1.807) is 0 Å². The van der Waals surface area contributed by atoms with Crippen molar-refractivity contribution in [1.29, 1.82) is 0 Å². The molecule has 0 saturated carbocycles. The van der Waals surface area contributed by atoms with Gasteiger partial charge in [0.15, 0.2) is 0 Å². The Morgan fingerprint density at radius 3 is 2.45 bits per heavy atom. The molecular weight excluding hydrogens is 276 g/mol. The molecule has 0 spiro atoms. The minimum absolute atomic E-state index is 0.0380. The summed E-state index contributed by atoms with van der Waals surface area (Å²) in [6.45, 7) is 5.50. The highest BCUT2D eigenvalue weighted by Crippen LogP contribution is 2.32. The Morgan fingerprint density at radius 1 is 1.18 bits per heavy atom. The molecule has 1 aromatic rings. The third kappa shape index (κ3) is 3.03. The van der Waals surface area contributed by atoms with Crippen LogP contribution in [-0.4, -0.2) is 42.6 Å². The first kappa shape index (κ1) is 15.5. The van der Waals surface area contributed by atoms with E-state index >= 15 is 0 Å². The van der Waals surface area contributed by atoms with Gasteiger partial charge in [-0.05, 0) is 51.3 Å². The fraction of sp³-hybridized carbons (Fsp3) is 0.611. The van der Waals surface area contributed by atoms with E-state index in [9.17, 15) is 4.79 Å². The van der Waals surface area contributed by atoms with Crippen LogP contribution in [0.25, 0.3) is 0 Å². The van der Waals surface area contributed by atoms with Crippen molar-refractivity contribution in [2.24, 2.45) is 0 Å². The van der Waals surface area contributed by atoms with Gasteiger partial charge in [-0.1, -0.05) is 30.3 Å². The van der Waals surface area contributed by atoms with Crippen molar-refractivity contribution >= 4 is 5.91 Å². The summed E-state index contributed by atoms with van der Waals surface area (Å²) in [6.07, 6.45) is 4.01. The van der Waals surface area contributed by atoms with Gasteiger partial charge in [-0.2, -0.15) is 0 Å². The SMILES string of the molecule is CC(NC(=O)C1(N2CCCC2)CCOCC1)c1ccccc1. The van der Waals surface area contributed by atoms with Crippen molar-refractivity contribution in [2.75, 3.05) is 26.3 Å². The Balaban J connectivity index is 1.74. The smallest absolute Gasteiger partial charge is 0.241 e. The van der Waals surface area contributed by atoms with Crippen LogP contribution < -0.4 is 5.32 Å². The van der Waals surface area contributed by atoms with Gasteiger partial charge < -0.3 is 10.1 Å². The van der Waals surface area contributed by atoms with Crippen LogP contribution in [0, 0.1) is 0 Å². The lowest BCUT2D eigenvalue weighted by Gasteiger charge is -2.43. The third-order valence-corrected chi connectivity index (χ3v) is 5.10. The molecule has 2 saturated heterocycles. The zero-order valence-corrected chi connectivity index (χ0v) is 13.4. The molecule has 2 heterocycles. The van der Waals surface area contributed by atoms with E-state index in [1.807, 2.05) is 18.2 Å². The number of carbonyl (C=O) groups is 1. The number of ether oxygens (including phenoxy) is 1. The molecule has 1 N–H and O–H groups in total. The number of carbonyl (C=O) groups excluding carboxylic acids is 1. The highest BCUT2D eigenvalue weighted by atomic mass is 16.5. The standard InChI is InChI=1S/C18H26N2O2/c1-15(16-7-3-2-4-8-16)19-17(21)18(9-13-22-14-10-18)20-11-5-6-12-20/h2-4,7-8,15H,5-6,9-14H2,1H3,(H,19,21). The number of rotatable bonds is 4. The van der Waals surface area contributed by atoms with Crippen LogP contribution in [0.1, 0.15) is 44.2 Å². The van der Waals surface area contributed by atoms with Crippen molar-refractivity contribution < 1.29 is 9.53 Å². The van der Waals surface area contributed by atoms with Crippen LogP contribution in [0.15, 0.2) is 30.3 Å². The molecule has 4 nitrogen and oxygen atoms in total. The van der Waals surface area contributed by atoms with Gasteiger partial charge in [0.1, 0.15) is 5.54 Å². The average molecular weight is 302 g/mol. The molecule has 2 aliphatic rings. The van der Waals surface area contributed by atoms with Crippen LogP contribution in [0.2, 0.25) is 0 Å². The predicted octanol–water partition coefficient (Wildman–Crippen LogP) is 2.51. The van der Waals surface area contributed by atoms with Crippen molar-refractivity contribution in [3.8, 4) is 0 Å². The minimum Gasteiger partial charge on any atom is -0.381 e. The van der Waals surface area contributed by atoms with Crippen LogP contribution >= 0.6 is 0 Å². The monoisotopic (exact) mass is 302 g/mol. The van der Waals surface area contributed by atoms with Gasteiger partial charge >= 0.3 is 0 Å². The molecular formula is C18H26N2O2. The Labute approximate surface area is 132 Å². The summed E-state index contributed by atoms with van der Waals surface area (Å²) >= 11 is 0. The van der Waals surface area contributed by atoms with E-state index in [0.29, 0.717) is 13.2 Å². The Bertz CT molecular complexity index is 491. The summed E-state index contributed by atoms with van der Waals surface area (Å²) in [7, 11) is 0. The second-order valence-corrected chi connectivity index (χ2v) is 6.44. The quantitative estimate of drug-likeness (QED) is 0.929. The van der Waals surface area contributed by atoms with E-state index in [-0.39, 0.29) is 17.5 Å². The first-order valence-electron chi connectivity index (χ1n) is 8.41. The zero-order valence-electron chi connectivity index (χ0n) is 13.4. The molecule has 4 heteroatoms. The third-order valence-electron chi connectivity index (χ3n) is 5.10. The van der Waals surface area contributed by atoms with Crippen molar-refractivity contribution in [3.63, 3.8) is 0 Å². The van der Waals surface area contributed by atoms with Crippen molar-refractivity contribution in [1.82, 2.24) is 10.2 Å². The number of nitrogens with one attached hydrogen (secondary N) is 1. The van der Waals surface area contributed by atoms with Gasteiger partial charge in [0.25, 0.3) is 0 Å². The number of likely N-dealkylation sites (tertiary alicyclic amines) is 1. The van der Waals surface area contributed by atoms with Gasteiger partial charge in [-0.25, -0.2) is 0 Å². The molecule has 2 aliphatic heterocycles. The molecule has 1 atom stereocenters. The van der Waals surface area contributed by atoms with Gasteiger partial charge in [0, 0.05) is 13.2 Å². The molecule has 0 aromatic heterocycles. The number of benzene rings is 1. The van der Waals surface area contributed by atoms with E-state index in [0.717, 1.165) is 31.5 Å². The second kappa shape index (κ2) is 6.80. The second-order valence-electron chi connectivity index (χ2n) is 6.44. The summed E-state index contributed by atoms with van der Waals surface area (Å²) in [4.78, 5) is 15.5. The van der Waals surface area contributed by atoms with Gasteiger partial charge in [-0.15, -0.1) is 0 Å². The predicted molar refractivity (Wildman–Crippen MR) is 86.6 cm³/mol. The molecule has 1 amide bonds. The van der Waals surface area contributed by atoms with Gasteiger partial charge in [0.2, 0.25) is 5.91 Å². The van der Waals surface area contributed by atoms with Crippen molar-refractivity contribution in [3.05, 3.63) is 35.9 Å². The van der Waals surface area contributed by atoms with Crippen LogP contribution in [0.5, 0.6) is 0 Å². The van der Waals surface area contributed by atoms with E-state index in [4.69, 9.17) is 4.74 Å². The number of hydrogen-bond acceptors (Lipinski definition) is 3. The van der Waals surface area contributed by atoms with Crippen LogP contribution in [0.4, 0.5) is 0 Å². The molecule has 2 fully saturated rings. The average Bonchev–Trinajstić information content (AvgIpc) is 3.11. The van der Waals surface area contributed by atoms with E-state index in [1.165, 1.54) is 12.8 Å². The Hall–Kier alpha value is -1.39. The first-order valence-corrected chi connectivity index (χ1v) is 8.41. The molecule has 22 heavy (non-hydrogen) atoms. The summed E-state index contributed by atoms with van der Waals surface area (Å²) < 4.78 is 5.52. The van der Waals surface area contributed by atoms with Crippen molar-refractivity contribution in [2.45, 2.75) is 44.2 Å². The lowest BCUT2D eigenvalue weighted by molar-refractivity contribution is -0.140. The lowest BCUT2D eigenvalue weighted by Crippen LogP contribution is -2.60. The molecule has 1 unspecified atom stereocenters. The summed E-state index contributed by atoms with van der Waals surface area (Å²) in [5.74, 6) is 0.175. The fourth-order valence-corrected chi connectivity index (χ4v) is 3.70. The fourth-order valence-electron chi connectivity index (χ4n) is 3.70. The molecule has 0 bridgehead atoms. The van der Waals surface area contributed by atoms with E-state index < -0.39 is 0 Å². The number of nitrogens with zero attached hydrogens (tertiary/aromatic N) is 1. The maximum Gasteiger partial charge on any atom is 0.241 e. The first-order chi connectivity index (χ1) is 10.7. The number of amides is 1. The summed E-state index contributed by atoms with van der Waals surface area (Å²) in [5, 5.41) is 3.25. The van der Waals surface area contributed by atoms with Crippen LogP contribution in [-0.2, 0) is 9.53 Å². The molecule has 0 aliphatic carbocycles. The highest BCUT2D eigenvalue weighted by molar-refractivity contribution is 5.87. The number of hydrogen-bond donors (Lipinski definition) is 1. The summed E-state index contributed by atoms with van der Waals surface area (Å²) in [6, 6.07) is 10.2. The molecule has 0 radical (unpaired) electrons. The van der Waals surface area contributed by atoms with E-state index in [2.05, 4.69) is 29.3 Å². The Morgan fingerprint density at radius 2 is 1.82 bits per heavy atom. The molecule has 120 valence electrons. The minimum atomic E-state index is -0.363.